The predicted octanol–water partition coefficient (Wildman–Crippen LogP) is 1.77. The number of rotatable bonds is 3. The van der Waals surface area contributed by atoms with Crippen LogP contribution in [0.5, 0.6) is 0 Å². The van der Waals surface area contributed by atoms with Gasteiger partial charge in [0.25, 0.3) is 0 Å². The standard InChI is InChI=1S/C15H27N3O.2ClH/c1-12(13-9-16-10-13)15(19)18-8-5-14(11-18)17-6-3-2-4-7-17;;/h12-14,16H,2-11H2,1H3;2*1H. The summed E-state index contributed by atoms with van der Waals surface area (Å²) in [4.78, 5) is 17.2. The molecule has 4 nitrogen and oxygen atoms in total. The van der Waals surface area contributed by atoms with E-state index in [2.05, 4.69) is 22.0 Å². The minimum atomic E-state index is 0. The first-order valence-electron chi connectivity index (χ1n) is 7.99. The van der Waals surface area contributed by atoms with Crippen molar-refractivity contribution < 1.29 is 4.79 Å². The highest BCUT2D eigenvalue weighted by molar-refractivity contribution is 5.85. The normalized spacial score (nSPS) is 28.2. The van der Waals surface area contributed by atoms with Gasteiger partial charge in [-0.2, -0.15) is 0 Å². The zero-order valence-electron chi connectivity index (χ0n) is 12.9. The van der Waals surface area contributed by atoms with E-state index in [0.29, 0.717) is 17.9 Å². The molecule has 3 heterocycles. The summed E-state index contributed by atoms with van der Waals surface area (Å²) in [6, 6.07) is 0.635. The number of piperidine rings is 1. The van der Waals surface area contributed by atoms with Gasteiger partial charge in [-0.15, -0.1) is 24.8 Å². The zero-order chi connectivity index (χ0) is 13.2. The van der Waals surface area contributed by atoms with Crippen molar-refractivity contribution in [2.75, 3.05) is 39.3 Å². The Morgan fingerprint density at radius 3 is 2.33 bits per heavy atom. The first-order chi connectivity index (χ1) is 9.25. The maximum Gasteiger partial charge on any atom is 0.225 e. The molecule has 124 valence electrons. The SMILES string of the molecule is CC(C(=O)N1CCC(N2CCCCC2)C1)C1CNC1.Cl.Cl. The minimum absolute atomic E-state index is 0. The van der Waals surface area contributed by atoms with Crippen molar-refractivity contribution >= 4 is 30.7 Å². The van der Waals surface area contributed by atoms with Gasteiger partial charge in [0.05, 0.1) is 0 Å². The van der Waals surface area contributed by atoms with E-state index in [0.717, 1.165) is 26.2 Å². The molecule has 21 heavy (non-hydrogen) atoms. The van der Waals surface area contributed by atoms with Crippen LogP contribution in [0.25, 0.3) is 0 Å². The van der Waals surface area contributed by atoms with Gasteiger partial charge in [0.1, 0.15) is 0 Å². The molecule has 6 heteroatoms. The molecular weight excluding hydrogens is 309 g/mol. The van der Waals surface area contributed by atoms with E-state index in [4.69, 9.17) is 0 Å². The number of halogens is 2. The van der Waals surface area contributed by atoms with Crippen LogP contribution in [0.3, 0.4) is 0 Å². The maximum absolute atomic E-state index is 12.5. The molecule has 0 radical (unpaired) electrons. The Hall–Kier alpha value is -0.0300. The predicted molar refractivity (Wildman–Crippen MR) is 90.4 cm³/mol. The van der Waals surface area contributed by atoms with Gasteiger partial charge in [-0.1, -0.05) is 13.3 Å². The Morgan fingerprint density at radius 1 is 1.10 bits per heavy atom. The quantitative estimate of drug-likeness (QED) is 0.852. The first kappa shape index (κ1) is 19.0. The van der Waals surface area contributed by atoms with E-state index in [1.807, 2.05) is 0 Å². The summed E-state index contributed by atoms with van der Waals surface area (Å²) in [6.07, 6.45) is 5.25. The molecule has 3 rings (SSSR count). The third-order valence-electron chi connectivity index (χ3n) is 5.29. The zero-order valence-corrected chi connectivity index (χ0v) is 14.6. The lowest BCUT2D eigenvalue weighted by Crippen LogP contribution is -2.50. The first-order valence-corrected chi connectivity index (χ1v) is 7.99. The minimum Gasteiger partial charge on any atom is -0.341 e. The van der Waals surface area contributed by atoms with Crippen LogP contribution < -0.4 is 5.32 Å². The highest BCUT2D eigenvalue weighted by Crippen LogP contribution is 2.24. The molecule has 3 fully saturated rings. The van der Waals surface area contributed by atoms with Gasteiger partial charge in [0, 0.05) is 25.0 Å². The van der Waals surface area contributed by atoms with Gasteiger partial charge in [0.15, 0.2) is 0 Å². The van der Waals surface area contributed by atoms with Crippen molar-refractivity contribution in [3.05, 3.63) is 0 Å². The average Bonchev–Trinajstić information content (AvgIpc) is 2.86. The van der Waals surface area contributed by atoms with Crippen molar-refractivity contribution in [3.63, 3.8) is 0 Å². The van der Waals surface area contributed by atoms with Crippen molar-refractivity contribution in [3.8, 4) is 0 Å². The highest BCUT2D eigenvalue weighted by atomic mass is 35.5. The van der Waals surface area contributed by atoms with Gasteiger partial charge in [-0.05, 0) is 51.4 Å². The Labute approximate surface area is 140 Å². The largest absolute Gasteiger partial charge is 0.341 e. The molecule has 0 aromatic rings. The van der Waals surface area contributed by atoms with Gasteiger partial charge >= 0.3 is 0 Å². The lowest BCUT2D eigenvalue weighted by atomic mass is 9.88. The summed E-state index contributed by atoms with van der Waals surface area (Å²) in [6.45, 7) is 8.60. The van der Waals surface area contributed by atoms with Gasteiger partial charge < -0.3 is 10.2 Å². The third kappa shape index (κ3) is 4.25. The number of likely N-dealkylation sites (tertiary alicyclic amines) is 2. The Bertz CT molecular complexity index is 333. The molecule has 0 aromatic heterocycles. The van der Waals surface area contributed by atoms with Crippen LogP contribution in [0.1, 0.15) is 32.6 Å². The Morgan fingerprint density at radius 2 is 1.76 bits per heavy atom. The molecule has 2 atom stereocenters. The lowest BCUT2D eigenvalue weighted by molar-refractivity contribution is -0.136. The molecule has 3 aliphatic heterocycles. The summed E-state index contributed by atoms with van der Waals surface area (Å²) in [5.74, 6) is 1.17. The van der Waals surface area contributed by atoms with Crippen LogP contribution in [-0.2, 0) is 4.79 Å². The molecule has 0 spiro atoms. The van der Waals surface area contributed by atoms with Crippen LogP contribution >= 0.6 is 24.8 Å². The molecule has 0 aliphatic carbocycles. The van der Waals surface area contributed by atoms with Crippen molar-refractivity contribution in [2.24, 2.45) is 11.8 Å². The molecule has 1 N–H and O–H groups in total. The van der Waals surface area contributed by atoms with Gasteiger partial charge in [-0.3, -0.25) is 9.69 Å². The van der Waals surface area contributed by atoms with Crippen molar-refractivity contribution in [1.82, 2.24) is 15.1 Å². The summed E-state index contributed by atoms with van der Waals surface area (Å²) in [5.41, 5.74) is 0. The number of hydrogen-bond acceptors (Lipinski definition) is 3. The second kappa shape index (κ2) is 8.56. The molecule has 3 aliphatic rings. The van der Waals surface area contributed by atoms with E-state index in [1.54, 1.807) is 0 Å². The fourth-order valence-electron chi connectivity index (χ4n) is 3.68. The number of carbonyl (C=O) groups is 1. The van der Waals surface area contributed by atoms with Gasteiger partial charge in [-0.25, -0.2) is 0 Å². The smallest absolute Gasteiger partial charge is 0.225 e. The molecule has 0 aromatic carbocycles. The van der Waals surface area contributed by atoms with Crippen LogP contribution in [0.4, 0.5) is 0 Å². The highest BCUT2D eigenvalue weighted by Gasteiger charge is 2.36. The molecule has 2 unspecified atom stereocenters. The second-order valence-corrected chi connectivity index (χ2v) is 6.53. The lowest BCUT2D eigenvalue weighted by Gasteiger charge is -2.35. The van der Waals surface area contributed by atoms with E-state index in [-0.39, 0.29) is 30.7 Å². The number of nitrogens with zero attached hydrogens (tertiary/aromatic N) is 2. The molecule has 3 saturated heterocycles. The van der Waals surface area contributed by atoms with Crippen LogP contribution in [0.2, 0.25) is 0 Å². The number of amides is 1. The average molecular weight is 338 g/mol. The third-order valence-corrected chi connectivity index (χ3v) is 5.29. The molecule has 0 saturated carbocycles. The molecular formula is C15H29Cl2N3O. The summed E-state index contributed by atoms with van der Waals surface area (Å²) in [7, 11) is 0. The summed E-state index contributed by atoms with van der Waals surface area (Å²) in [5, 5.41) is 3.27. The van der Waals surface area contributed by atoms with Gasteiger partial charge in [0.2, 0.25) is 5.91 Å². The van der Waals surface area contributed by atoms with E-state index in [9.17, 15) is 4.79 Å². The molecule has 1 amide bonds. The summed E-state index contributed by atoms with van der Waals surface area (Å²) >= 11 is 0. The van der Waals surface area contributed by atoms with E-state index in [1.165, 1.54) is 38.8 Å². The topological polar surface area (TPSA) is 35.6 Å². The second-order valence-electron chi connectivity index (χ2n) is 6.53. The number of carbonyl (C=O) groups excluding carboxylic acids is 1. The Kier molecular flexibility index (Phi) is 7.75. The monoisotopic (exact) mass is 337 g/mol. The van der Waals surface area contributed by atoms with Crippen LogP contribution in [0.15, 0.2) is 0 Å². The van der Waals surface area contributed by atoms with Crippen LogP contribution in [-0.4, -0.2) is 61.0 Å². The maximum atomic E-state index is 12.5. The van der Waals surface area contributed by atoms with E-state index >= 15 is 0 Å². The fraction of sp³-hybridized carbons (Fsp3) is 0.933. The number of hydrogen-bond donors (Lipinski definition) is 1. The molecule has 0 bridgehead atoms. The van der Waals surface area contributed by atoms with E-state index < -0.39 is 0 Å². The van der Waals surface area contributed by atoms with Crippen molar-refractivity contribution in [2.45, 2.75) is 38.6 Å². The fourth-order valence-corrected chi connectivity index (χ4v) is 3.68. The van der Waals surface area contributed by atoms with Crippen LogP contribution in [0, 0.1) is 11.8 Å². The number of nitrogens with one attached hydrogen (secondary N) is 1. The summed E-state index contributed by atoms with van der Waals surface area (Å²) < 4.78 is 0. The Balaban J connectivity index is 0.00000110. The van der Waals surface area contributed by atoms with Crippen molar-refractivity contribution in [1.29, 1.82) is 0 Å².